The molecule has 0 bridgehead atoms. The van der Waals surface area contributed by atoms with Gasteiger partial charge in [0.15, 0.2) is 0 Å². The Kier molecular flexibility index (Phi) is 14.4. The van der Waals surface area contributed by atoms with Crippen LogP contribution in [0.2, 0.25) is 0 Å². The zero-order valence-corrected chi connectivity index (χ0v) is 27.2. The second kappa shape index (κ2) is 17.2. The first-order valence-electron chi connectivity index (χ1n) is 12.6. The first kappa shape index (κ1) is 32.7. The molecule has 2 aromatic carbocycles. The Labute approximate surface area is 259 Å². The van der Waals surface area contributed by atoms with Crippen LogP contribution in [0.1, 0.15) is 26.7 Å². The molecule has 0 aliphatic heterocycles. The predicted octanol–water partition coefficient (Wildman–Crippen LogP) is 1.59. The third-order valence-electron chi connectivity index (χ3n) is 5.91. The molecule has 2 aromatic heterocycles. The highest BCUT2D eigenvalue weighted by Gasteiger charge is 2.10. The van der Waals surface area contributed by atoms with E-state index in [-0.39, 0.29) is 34.0 Å². The average Bonchev–Trinajstić information content (AvgIpc) is 3.60. The van der Waals surface area contributed by atoms with Crippen molar-refractivity contribution in [2.24, 2.45) is 20.5 Å². The number of nitrogens with zero attached hydrogens (tertiary/aromatic N) is 7. The summed E-state index contributed by atoms with van der Waals surface area (Å²) in [6, 6.07) is 16.4. The van der Waals surface area contributed by atoms with Gasteiger partial charge in [0.25, 0.3) is 0 Å². The molecule has 0 saturated heterocycles. The minimum atomic E-state index is 0. The fraction of sp³-hybridized carbons (Fsp3) is 0.333. The summed E-state index contributed by atoms with van der Waals surface area (Å²) < 4.78 is 4.16. The van der Waals surface area contributed by atoms with E-state index in [1.54, 1.807) is 22.7 Å². The maximum Gasteiger partial charge on any atom is 0.408 e. The van der Waals surface area contributed by atoms with Gasteiger partial charge in [0.1, 0.15) is 23.8 Å². The Hall–Kier alpha value is -2.54. The second-order valence-electron chi connectivity index (χ2n) is 8.46. The number of rotatable bonds is 13. The minimum absolute atomic E-state index is 0. The standard InChI is InChI=1S/C27H33N8S2.2BrH/c1-4-34-18-20-36-26(34)31-29-23-10-8-22(9-11-23)28-16-6-7-17-33(3)25-14-12-24(13-15-25)30-32-27-35(5-2)19-21-37-27;;/h8-15,18-21H,4-7,16-17H2,1-3H3;2*1H/q+1;;/p-1. The number of hydrogen-bond acceptors (Lipinski definition) is 8. The summed E-state index contributed by atoms with van der Waals surface area (Å²) in [5, 5.41) is 26.9. The summed E-state index contributed by atoms with van der Waals surface area (Å²) in [5.74, 6) is 0. The highest BCUT2D eigenvalue weighted by molar-refractivity contribution is 7.13. The molecule has 0 aliphatic rings. The highest BCUT2D eigenvalue weighted by Crippen LogP contribution is 2.23. The number of anilines is 2. The number of azo groups is 2. The normalized spacial score (nSPS) is 10.9. The molecule has 208 valence electrons. The van der Waals surface area contributed by atoms with E-state index < -0.39 is 0 Å². The molecule has 0 unspecified atom stereocenters. The van der Waals surface area contributed by atoms with Gasteiger partial charge in [0.2, 0.25) is 0 Å². The van der Waals surface area contributed by atoms with Crippen molar-refractivity contribution in [2.45, 2.75) is 39.8 Å². The summed E-state index contributed by atoms with van der Waals surface area (Å²) in [6.45, 7) is 7.92. The molecule has 0 spiro atoms. The van der Waals surface area contributed by atoms with Crippen molar-refractivity contribution in [3.8, 4) is 0 Å². The Morgan fingerprint density at radius 1 is 0.718 bits per heavy atom. The van der Waals surface area contributed by atoms with Crippen LogP contribution in [-0.2, 0) is 13.1 Å². The first-order valence-corrected chi connectivity index (χ1v) is 14.3. The fourth-order valence-electron chi connectivity index (χ4n) is 3.69. The van der Waals surface area contributed by atoms with Crippen LogP contribution in [0.4, 0.5) is 33.0 Å². The lowest BCUT2D eigenvalue weighted by Crippen LogP contribution is -3.00. The van der Waals surface area contributed by atoms with Crippen molar-refractivity contribution in [3.63, 3.8) is 0 Å². The van der Waals surface area contributed by atoms with Crippen molar-refractivity contribution < 1.29 is 43.1 Å². The number of halogens is 2. The number of unbranched alkanes of at least 4 members (excludes halogenated alkanes) is 1. The van der Waals surface area contributed by atoms with Gasteiger partial charge >= 0.3 is 10.3 Å². The number of benzene rings is 2. The Balaban J connectivity index is 0.00000267. The molecule has 4 rings (SSSR count). The van der Waals surface area contributed by atoms with Gasteiger partial charge in [-0.15, -0.1) is 0 Å². The SMILES string of the molecule is CC[n+]1ccsc1N=Nc1ccc(NCCCCN(C)c2ccc(N=Nc3scc[n+]3CC)cc2)cc1.[Br-].[Br-]. The lowest BCUT2D eigenvalue weighted by Gasteiger charge is -2.19. The molecule has 0 saturated carbocycles. The third kappa shape index (κ3) is 9.86. The topological polar surface area (TPSA) is 72.5 Å². The van der Waals surface area contributed by atoms with E-state index >= 15 is 0 Å². The molecule has 8 nitrogen and oxygen atoms in total. The van der Waals surface area contributed by atoms with Crippen LogP contribution in [-0.4, -0.2) is 20.1 Å². The lowest BCUT2D eigenvalue weighted by atomic mass is 10.2. The van der Waals surface area contributed by atoms with E-state index in [9.17, 15) is 0 Å². The molecule has 0 fully saturated rings. The van der Waals surface area contributed by atoms with Crippen LogP contribution in [0.25, 0.3) is 0 Å². The summed E-state index contributed by atoms with van der Waals surface area (Å²) in [5.41, 5.74) is 4.00. The van der Waals surface area contributed by atoms with Gasteiger partial charge in [0, 0.05) is 42.3 Å². The van der Waals surface area contributed by atoms with Gasteiger partial charge in [-0.05, 0) is 108 Å². The van der Waals surface area contributed by atoms with Crippen molar-refractivity contribution in [1.82, 2.24) is 0 Å². The van der Waals surface area contributed by atoms with E-state index in [0.29, 0.717) is 0 Å². The zero-order chi connectivity index (χ0) is 25.9. The molecule has 39 heavy (non-hydrogen) atoms. The van der Waals surface area contributed by atoms with Gasteiger partial charge in [-0.3, -0.25) is 0 Å². The quantitative estimate of drug-likeness (QED) is 0.131. The summed E-state index contributed by atoms with van der Waals surface area (Å²) in [6.07, 6.45) is 6.25. The summed E-state index contributed by atoms with van der Waals surface area (Å²) in [4.78, 5) is 2.28. The number of nitrogens with one attached hydrogen (secondary N) is 1. The van der Waals surface area contributed by atoms with Crippen LogP contribution >= 0.6 is 22.7 Å². The Bertz CT molecular complexity index is 1300. The maximum atomic E-state index is 4.38. The molecule has 0 radical (unpaired) electrons. The number of aromatic nitrogens is 2. The molecule has 1 N–H and O–H groups in total. The molecule has 4 aromatic rings. The Morgan fingerprint density at radius 2 is 1.23 bits per heavy atom. The van der Waals surface area contributed by atoms with Crippen LogP contribution in [0.3, 0.4) is 0 Å². The number of aryl methyl sites for hydroxylation is 2. The monoisotopic (exact) mass is 692 g/mol. The highest BCUT2D eigenvalue weighted by atomic mass is 79.9. The smallest absolute Gasteiger partial charge is 0.408 e. The molecule has 0 aliphatic carbocycles. The lowest BCUT2D eigenvalue weighted by molar-refractivity contribution is -0.677. The fourth-order valence-corrected chi connectivity index (χ4v) is 5.18. The molecule has 12 heteroatoms. The molecular formula is C27H34Br2N8S2. The second-order valence-corrected chi connectivity index (χ2v) is 10.2. The third-order valence-corrected chi connectivity index (χ3v) is 7.48. The van der Waals surface area contributed by atoms with Crippen LogP contribution in [0.15, 0.2) is 92.1 Å². The number of hydrogen-bond donors (Lipinski definition) is 1. The van der Waals surface area contributed by atoms with Crippen LogP contribution in [0.5, 0.6) is 0 Å². The largest absolute Gasteiger partial charge is 1.00 e. The van der Waals surface area contributed by atoms with Crippen molar-refractivity contribution in [3.05, 3.63) is 71.7 Å². The minimum Gasteiger partial charge on any atom is -1.00 e. The van der Waals surface area contributed by atoms with E-state index in [2.05, 4.69) is 85.0 Å². The van der Waals surface area contributed by atoms with Gasteiger partial charge in [0.05, 0.1) is 23.3 Å². The summed E-state index contributed by atoms with van der Waals surface area (Å²) in [7, 11) is 2.13. The van der Waals surface area contributed by atoms with E-state index in [4.69, 9.17) is 0 Å². The van der Waals surface area contributed by atoms with E-state index in [1.807, 2.05) is 47.4 Å². The van der Waals surface area contributed by atoms with Crippen molar-refractivity contribution >= 4 is 55.7 Å². The van der Waals surface area contributed by atoms with Crippen LogP contribution < -0.4 is 53.3 Å². The molecule has 2 heterocycles. The van der Waals surface area contributed by atoms with Gasteiger partial charge < -0.3 is 44.2 Å². The Morgan fingerprint density at radius 3 is 1.74 bits per heavy atom. The van der Waals surface area contributed by atoms with Crippen LogP contribution in [0, 0.1) is 0 Å². The van der Waals surface area contributed by atoms with E-state index in [1.165, 1.54) is 5.69 Å². The predicted molar refractivity (Wildman–Crippen MR) is 153 cm³/mol. The van der Waals surface area contributed by atoms with E-state index in [0.717, 1.165) is 66.3 Å². The zero-order valence-electron chi connectivity index (χ0n) is 22.4. The first-order chi connectivity index (χ1) is 18.2. The number of thiazole rings is 2. The van der Waals surface area contributed by atoms with Gasteiger partial charge in [-0.1, -0.05) is 0 Å². The molecule has 0 atom stereocenters. The van der Waals surface area contributed by atoms with Crippen molar-refractivity contribution in [1.29, 1.82) is 0 Å². The van der Waals surface area contributed by atoms with Gasteiger partial charge in [-0.25, -0.2) is 9.13 Å². The molecular weight excluding hydrogens is 660 g/mol. The van der Waals surface area contributed by atoms with Crippen molar-refractivity contribution in [2.75, 3.05) is 30.4 Å². The van der Waals surface area contributed by atoms with Gasteiger partial charge in [-0.2, -0.15) is 0 Å². The molecule has 0 amide bonds. The summed E-state index contributed by atoms with van der Waals surface area (Å²) >= 11 is 3.19. The maximum absolute atomic E-state index is 4.38. The average molecular weight is 695 g/mol.